The molecule has 2 aliphatic heterocycles. The number of hydrogen-bond acceptors (Lipinski definition) is 5. The van der Waals surface area contributed by atoms with Crippen molar-refractivity contribution >= 4 is 63.7 Å². The number of rotatable bonds is 3. The lowest BCUT2D eigenvalue weighted by Crippen LogP contribution is -2.48. The van der Waals surface area contributed by atoms with E-state index >= 15 is 0 Å². The van der Waals surface area contributed by atoms with Gasteiger partial charge < -0.3 is 4.90 Å². The molecule has 0 unspecified atom stereocenters. The van der Waals surface area contributed by atoms with Gasteiger partial charge in [0.05, 0.1) is 10.9 Å². The zero-order chi connectivity index (χ0) is 26.2. The highest BCUT2D eigenvalue weighted by molar-refractivity contribution is 7.12. The molecule has 0 N–H and O–H groups in total. The standard InChI is InChI=1S/C31H19Cl2NO3S/c32-19-10-7-17(8-11-19)26-27(28(35)24-6-3-15-38-24)34-23-13-12-20(33)16-18(23)9-14-25(34)31(26)29(36)21-4-1-2-5-22(21)30(31)37/h1-16,25-27H/t25-,26-,27+/m1/s1. The lowest BCUT2D eigenvalue weighted by atomic mass is 9.64. The van der Waals surface area contributed by atoms with E-state index in [4.69, 9.17) is 23.2 Å². The van der Waals surface area contributed by atoms with Crippen molar-refractivity contribution in [3.63, 3.8) is 0 Å². The minimum absolute atomic E-state index is 0.130. The van der Waals surface area contributed by atoms with Crippen molar-refractivity contribution in [2.75, 3.05) is 4.90 Å². The second-order valence-electron chi connectivity index (χ2n) is 9.80. The molecule has 4 aromatic rings. The highest BCUT2D eigenvalue weighted by atomic mass is 35.5. The Balaban J connectivity index is 1.56. The predicted octanol–water partition coefficient (Wildman–Crippen LogP) is 7.37. The molecule has 7 rings (SSSR count). The van der Waals surface area contributed by atoms with Crippen LogP contribution in [0.2, 0.25) is 10.0 Å². The van der Waals surface area contributed by atoms with Gasteiger partial charge >= 0.3 is 0 Å². The molecule has 4 nitrogen and oxygen atoms in total. The van der Waals surface area contributed by atoms with Crippen LogP contribution in [0, 0.1) is 5.41 Å². The van der Waals surface area contributed by atoms with Crippen LogP contribution in [0.5, 0.6) is 0 Å². The first-order chi connectivity index (χ1) is 18.4. The molecule has 3 aliphatic rings. The number of ketones is 3. The van der Waals surface area contributed by atoms with Crippen LogP contribution in [0.1, 0.15) is 47.4 Å². The van der Waals surface area contributed by atoms with Gasteiger partial charge in [0.2, 0.25) is 0 Å². The van der Waals surface area contributed by atoms with Gasteiger partial charge in [0.15, 0.2) is 17.3 Å². The normalized spacial score (nSPS) is 22.5. The highest BCUT2D eigenvalue weighted by Gasteiger charge is 2.71. The first-order valence-electron chi connectivity index (χ1n) is 12.2. The number of carbonyl (C=O) groups excluding carboxylic acids is 3. The summed E-state index contributed by atoms with van der Waals surface area (Å²) in [6.07, 6.45) is 3.80. The van der Waals surface area contributed by atoms with Crippen molar-refractivity contribution in [3.8, 4) is 0 Å². The molecule has 1 spiro atoms. The van der Waals surface area contributed by atoms with E-state index in [0.29, 0.717) is 26.0 Å². The van der Waals surface area contributed by atoms with Gasteiger partial charge in [-0.15, -0.1) is 11.3 Å². The molecular formula is C31H19Cl2NO3S. The number of hydrogen-bond donors (Lipinski definition) is 0. The van der Waals surface area contributed by atoms with Crippen molar-refractivity contribution in [2.24, 2.45) is 5.41 Å². The average molecular weight is 556 g/mol. The van der Waals surface area contributed by atoms with Crippen molar-refractivity contribution < 1.29 is 14.4 Å². The van der Waals surface area contributed by atoms with E-state index in [2.05, 4.69) is 0 Å². The van der Waals surface area contributed by atoms with Gasteiger partial charge in [0.25, 0.3) is 0 Å². The highest BCUT2D eigenvalue weighted by Crippen LogP contribution is 2.61. The fourth-order valence-electron chi connectivity index (χ4n) is 6.56. The van der Waals surface area contributed by atoms with Gasteiger partial charge in [0.1, 0.15) is 11.5 Å². The van der Waals surface area contributed by atoms with Gasteiger partial charge in [-0.25, -0.2) is 0 Å². The summed E-state index contributed by atoms with van der Waals surface area (Å²) in [5.74, 6) is -1.39. The van der Waals surface area contributed by atoms with Crippen molar-refractivity contribution in [3.05, 3.63) is 127 Å². The number of benzene rings is 3. The molecule has 0 radical (unpaired) electrons. The Hall–Kier alpha value is -3.51. The Labute approximate surface area is 233 Å². The van der Waals surface area contributed by atoms with Crippen LogP contribution in [0.3, 0.4) is 0 Å². The summed E-state index contributed by atoms with van der Waals surface area (Å²) < 4.78 is 0. The summed E-state index contributed by atoms with van der Waals surface area (Å²) in [4.78, 5) is 46.0. The molecule has 3 aromatic carbocycles. The second kappa shape index (κ2) is 8.50. The topological polar surface area (TPSA) is 54.5 Å². The molecule has 0 bridgehead atoms. The molecule has 186 valence electrons. The quantitative estimate of drug-likeness (QED) is 0.195. The second-order valence-corrected chi connectivity index (χ2v) is 11.6. The van der Waals surface area contributed by atoms with Crippen LogP contribution in [-0.4, -0.2) is 29.4 Å². The summed E-state index contributed by atoms with van der Waals surface area (Å²) in [5, 5.41) is 2.96. The Morgan fingerprint density at radius 3 is 2.18 bits per heavy atom. The first kappa shape index (κ1) is 23.6. The largest absolute Gasteiger partial charge is 0.352 e. The van der Waals surface area contributed by atoms with E-state index in [1.54, 1.807) is 48.5 Å². The third-order valence-electron chi connectivity index (χ3n) is 8.03. The third kappa shape index (κ3) is 3.07. The first-order valence-corrected chi connectivity index (χ1v) is 13.8. The van der Waals surface area contributed by atoms with Crippen LogP contribution in [0.15, 0.2) is 90.3 Å². The average Bonchev–Trinajstić information content (AvgIpc) is 3.62. The van der Waals surface area contributed by atoms with Crippen molar-refractivity contribution in [1.82, 2.24) is 0 Å². The fourth-order valence-corrected chi connectivity index (χ4v) is 7.56. The molecule has 1 aliphatic carbocycles. The van der Waals surface area contributed by atoms with Gasteiger partial charge in [0, 0.05) is 32.8 Å². The summed E-state index contributed by atoms with van der Waals surface area (Å²) >= 11 is 13.9. The van der Waals surface area contributed by atoms with Crippen LogP contribution in [0.4, 0.5) is 5.69 Å². The smallest absolute Gasteiger partial charge is 0.195 e. The van der Waals surface area contributed by atoms with Crippen LogP contribution < -0.4 is 4.90 Å². The Morgan fingerprint density at radius 2 is 1.53 bits per heavy atom. The van der Waals surface area contributed by atoms with Crippen molar-refractivity contribution in [2.45, 2.75) is 18.0 Å². The van der Waals surface area contributed by atoms with E-state index in [1.807, 2.05) is 52.8 Å². The number of anilines is 1. The molecular weight excluding hydrogens is 537 g/mol. The lowest BCUT2D eigenvalue weighted by Gasteiger charge is -2.37. The minimum Gasteiger partial charge on any atom is -0.352 e. The summed E-state index contributed by atoms with van der Waals surface area (Å²) in [6.45, 7) is 0. The Morgan fingerprint density at radius 1 is 0.842 bits per heavy atom. The zero-order valence-corrected chi connectivity index (χ0v) is 22.1. The van der Waals surface area contributed by atoms with Gasteiger partial charge in [-0.2, -0.15) is 0 Å². The minimum atomic E-state index is -1.52. The van der Waals surface area contributed by atoms with E-state index in [1.165, 1.54) is 11.3 Å². The maximum Gasteiger partial charge on any atom is 0.195 e. The van der Waals surface area contributed by atoms with Crippen molar-refractivity contribution in [1.29, 1.82) is 0 Å². The SMILES string of the molecule is O=C(c1cccs1)[C@@H]1[C@@H](c2ccc(Cl)cc2)C2(C(=O)c3ccccc3C2=O)[C@H]2C=Cc3cc(Cl)ccc3N12. The molecule has 3 atom stereocenters. The zero-order valence-electron chi connectivity index (χ0n) is 19.8. The summed E-state index contributed by atoms with van der Waals surface area (Å²) in [7, 11) is 0. The predicted molar refractivity (Wildman–Crippen MR) is 151 cm³/mol. The molecule has 0 amide bonds. The molecule has 0 saturated carbocycles. The maximum atomic E-state index is 14.5. The number of fused-ring (bicyclic) bond motifs is 5. The van der Waals surface area contributed by atoms with Gasteiger partial charge in [-0.3, -0.25) is 14.4 Å². The van der Waals surface area contributed by atoms with Crippen LogP contribution in [0.25, 0.3) is 6.08 Å². The van der Waals surface area contributed by atoms with Crippen LogP contribution in [-0.2, 0) is 0 Å². The lowest BCUT2D eigenvalue weighted by molar-refractivity contribution is 0.0666. The molecule has 38 heavy (non-hydrogen) atoms. The number of carbonyl (C=O) groups is 3. The number of Topliss-reactive ketones (excluding diaryl/α,β-unsaturated/α-hetero) is 3. The molecule has 7 heteroatoms. The Bertz CT molecular complexity index is 1640. The Kier molecular flexibility index (Phi) is 5.28. The number of halogens is 2. The monoisotopic (exact) mass is 555 g/mol. The van der Waals surface area contributed by atoms with E-state index in [9.17, 15) is 14.4 Å². The molecule has 1 aromatic heterocycles. The molecule has 3 heterocycles. The summed E-state index contributed by atoms with van der Waals surface area (Å²) in [6, 6.07) is 21.8. The number of nitrogens with zero attached hydrogens (tertiary/aromatic N) is 1. The molecule has 1 fully saturated rings. The van der Waals surface area contributed by atoms with Gasteiger partial charge in [-0.05, 0) is 52.9 Å². The third-order valence-corrected chi connectivity index (χ3v) is 9.40. The fraction of sp³-hybridized carbons (Fsp3) is 0.129. The van der Waals surface area contributed by atoms with E-state index < -0.39 is 23.4 Å². The molecule has 1 saturated heterocycles. The number of thiophene rings is 1. The maximum absolute atomic E-state index is 14.5. The van der Waals surface area contributed by atoms with E-state index in [0.717, 1.165) is 16.8 Å². The van der Waals surface area contributed by atoms with Gasteiger partial charge in [-0.1, -0.05) is 77.8 Å². The van der Waals surface area contributed by atoms with E-state index in [-0.39, 0.29) is 17.3 Å². The van der Waals surface area contributed by atoms with Crippen LogP contribution >= 0.6 is 34.5 Å². The summed E-state index contributed by atoms with van der Waals surface area (Å²) in [5.41, 5.74) is 1.59.